The molecule has 29 heavy (non-hydrogen) atoms. The van der Waals surface area contributed by atoms with Crippen molar-refractivity contribution in [3.63, 3.8) is 0 Å². The molecule has 4 aromatic heterocycles. The number of anilines is 2. The van der Waals surface area contributed by atoms with Gasteiger partial charge in [0.25, 0.3) is 0 Å². The average molecular weight is 383 g/mol. The minimum Gasteiger partial charge on any atom is -0.342 e. The number of pyridine rings is 1. The molecule has 4 heterocycles. The SMILES string of the molecule is NCCn1ccc2ncnc(Nc3ccc4c(ccn4Cc4ccccn4)c3)c21. The van der Waals surface area contributed by atoms with E-state index in [1.165, 1.54) is 5.52 Å². The van der Waals surface area contributed by atoms with Gasteiger partial charge in [0, 0.05) is 48.3 Å². The van der Waals surface area contributed by atoms with Crippen molar-refractivity contribution >= 4 is 33.4 Å². The number of rotatable bonds is 6. The first-order valence-corrected chi connectivity index (χ1v) is 9.57. The molecule has 7 nitrogen and oxygen atoms in total. The van der Waals surface area contributed by atoms with Gasteiger partial charge in [0.2, 0.25) is 0 Å². The Balaban J connectivity index is 1.46. The van der Waals surface area contributed by atoms with Gasteiger partial charge in [-0.2, -0.15) is 0 Å². The minimum absolute atomic E-state index is 0.563. The summed E-state index contributed by atoms with van der Waals surface area (Å²) in [7, 11) is 0. The van der Waals surface area contributed by atoms with Gasteiger partial charge in [0.1, 0.15) is 11.8 Å². The third kappa shape index (κ3) is 3.32. The second-order valence-electron chi connectivity index (χ2n) is 6.92. The van der Waals surface area contributed by atoms with Gasteiger partial charge in [-0.15, -0.1) is 0 Å². The fraction of sp³-hybridized carbons (Fsp3) is 0.136. The molecule has 1 aromatic carbocycles. The molecule has 0 saturated carbocycles. The number of nitrogens with zero attached hydrogens (tertiary/aromatic N) is 5. The molecule has 0 atom stereocenters. The first-order chi connectivity index (χ1) is 14.3. The number of hydrogen-bond acceptors (Lipinski definition) is 5. The van der Waals surface area contributed by atoms with Crippen molar-refractivity contribution in [3.05, 3.63) is 79.1 Å². The van der Waals surface area contributed by atoms with Crippen LogP contribution in [0.3, 0.4) is 0 Å². The zero-order chi connectivity index (χ0) is 19.6. The van der Waals surface area contributed by atoms with E-state index in [-0.39, 0.29) is 0 Å². The van der Waals surface area contributed by atoms with Crippen molar-refractivity contribution in [1.82, 2.24) is 24.1 Å². The van der Waals surface area contributed by atoms with Gasteiger partial charge < -0.3 is 20.2 Å². The van der Waals surface area contributed by atoms with Crippen LogP contribution in [-0.2, 0) is 13.1 Å². The molecule has 0 aliphatic carbocycles. The molecular formula is C22H21N7. The van der Waals surface area contributed by atoms with E-state index >= 15 is 0 Å². The van der Waals surface area contributed by atoms with E-state index in [1.54, 1.807) is 6.33 Å². The van der Waals surface area contributed by atoms with Crippen LogP contribution in [0.25, 0.3) is 21.9 Å². The number of benzene rings is 1. The summed E-state index contributed by atoms with van der Waals surface area (Å²) in [5.74, 6) is 0.778. The molecule has 0 bridgehead atoms. The third-order valence-electron chi connectivity index (χ3n) is 5.01. The third-order valence-corrected chi connectivity index (χ3v) is 5.01. The number of fused-ring (bicyclic) bond motifs is 2. The molecule has 5 aromatic rings. The highest BCUT2D eigenvalue weighted by molar-refractivity contribution is 5.90. The number of aromatic nitrogens is 5. The molecule has 3 N–H and O–H groups in total. The van der Waals surface area contributed by atoms with Crippen molar-refractivity contribution < 1.29 is 0 Å². The highest BCUT2D eigenvalue weighted by Crippen LogP contribution is 2.27. The van der Waals surface area contributed by atoms with E-state index in [0.717, 1.165) is 46.7 Å². The predicted octanol–water partition coefficient (Wildman–Crippen LogP) is 3.53. The van der Waals surface area contributed by atoms with E-state index in [9.17, 15) is 0 Å². The van der Waals surface area contributed by atoms with E-state index in [0.29, 0.717) is 6.54 Å². The summed E-state index contributed by atoms with van der Waals surface area (Å²) >= 11 is 0. The van der Waals surface area contributed by atoms with Crippen molar-refractivity contribution in [2.24, 2.45) is 5.73 Å². The molecule has 0 radical (unpaired) electrons. The fourth-order valence-corrected chi connectivity index (χ4v) is 3.67. The molecule has 0 amide bonds. The van der Waals surface area contributed by atoms with Gasteiger partial charge in [-0.05, 0) is 42.5 Å². The highest BCUT2D eigenvalue weighted by Gasteiger charge is 2.10. The molecular weight excluding hydrogens is 362 g/mol. The Morgan fingerprint density at radius 2 is 1.86 bits per heavy atom. The summed E-state index contributed by atoms with van der Waals surface area (Å²) in [6, 6.07) is 16.4. The maximum atomic E-state index is 5.74. The smallest absolute Gasteiger partial charge is 0.158 e. The molecule has 144 valence electrons. The van der Waals surface area contributed by atoms with Crippen molar-refractivity contribution in [2.45, 2.75) is 13.1 Å². The monoisotopic (exact) mass is 383 g/mol. The van der Waals surface area contributed by atoms with Crippen LogP contribution in [-0.4, -0.2) is 30.6 Å². The van der Waals surface area contributed by atoms with Gasteiger partial charge in [0.15, 0.2) is 5.82 Å². The molecule has 5 rings (SSSR count). The number of nitrogens with one attached hydrogen (secondary N) is 1. The molecule has 7 heteroatoms. The quantitative estimate of drug-likeness (QED) is 0.468. The molecule has 0 aliphatic rings. The standard InChI is InChI=1S/C22H21N7/c23-8-12-28-11-7-19-21(28)22(26-15-25-19)27-17-4-5-20-16(13-17)6-10-29(20)14-18-3-1-2-9-24-18/h1-7,9-11,13,15H,8,12,14,23H2,(H,25,26,27). The zero-order valence-corrected chi connectivity index (χ0v) is 15.9. The van der Waals surface area contributed by atoms with Crippen LogP contribution in [0.4, 0.5) is 11.5 Å². The second-order valence-corrected chi connectivity index (χ2v) is 6.92. The van der Waals surface area contributed by atoms with Gasteiger partial charge in [0.05, 0.1) is 17.8 Å². The van der Waals surface area contributed by atoms with Gasteiger partial charge in [-0.25, -0.2) is 9.97 Å². The van der Waals surface area contributed by atoms with Crippen LogP contribution < -0.4 is 11.1 Å². The van der Waals surface area contributed by atoms with E-state index < -0.39 is 0 Å². The lowest BCUT2D eigenvalue weighted by atomic mass is 10.2. The summed E-state index contributed by atoms with van der Waals surface area (Å²) < 4.78 is 4.29. The summed E-state index contributed by atoms with van der Waals surface area (Å²) in [4.78, 5) is 13.2. The Bertz CT molecular complexity index is 1270. The Hall–Kier alpha value is -3.71. The second kappa shape index (κ2) is 7.37. The number of hydrogen-bond donors (Lipinski definition) is 2. The highest BCUT2D eigenvalue weighted by atomic mass is 15.1. The van der Waals surface area contributed by atoms with Crippen LogP contribution in [0, 0.1) is 0 Å². The summed E-state index contributed by atoms with van der Waals surface area (Å²) in [6.07, 6.45) is 7.50. The Labute approximate surface area is 167 Å². The van der Waals surface area contributed by atoms with Crippen molar-refractivity contribution in [3.8, 4) is 0 Å². The Morgan fingerprint density at radius 3 is 2.72 bits per heavy atom. The summed E-state index contributed by atoms with van der Waals surface area (Å²) in [6.45, 7) is 2.03. The van der Waals surface area contributed by atoms with E-state index in [4.69, 9.17) is 5.73 Å². The Kier molecular flexibility index (Phi) is 4.42. The van der Waals surface area contributed by atoms with Crippen LogP contribution >= 0.6 is 0 Å². The maximum absolute atomic E-state index is 5.74. The first-order valence-electron chi connectivity index (χ1n) is 9.57. The minimum atomic E-state index is 0.563. The predicted molar refractivity (Wildman–Crippen MR) is 115 cm³/mol. The average Bonchev–Trinajstić information content (AvgIpc) is 3.34. The number of nitrogens with two attached hydrogens (primary N) is 1. The van der Waals surface area contributed by atoms with Crippen LogP contribution in [0.1, 0.15) is 5.69 Å². The first kappa shape index (κ1) is 17.4. The van der Waals surface area contributed by atoms with E-state index in [2.05, 4.69) is 59.9 Å². The van der Waals surface area contributed by atoms with Gasteiger partial charge in [-0.1, -0.05) is 6.07 Å². The summed E-state index contributed by atoms with van der Waals surface area (Å²) in [5.41, 5.74) is 10.8. The topological polar surface area (TPSA) is 86.6 Å². The fourth-order valence-electron chi connectivity index (χ4n) is 3.67. The van der Waals surface area contributed by atoms with Gasteiger partial charge >= 0.3 is 0 Å². The van der Waals surface area contributed by atoms with E-state index in [1.807, 2.05) is 36.7 Å². The van der Waals surface area contributed by atoms with Crippen molar-refractivity contribution in [2.75, 3.05) is 11.9 Å². The largest absolute Gasteiger partial charge is 0.342 e. The molecule has 0 unspecified atom stereocenters. The molecule has 0 aliphatic heterocycles. The lowest BCUT2D eigenvalue weighted by Crippen LogP contribution is -2.10. The maximum Gasteiger partial charge on any atom is 0.158 e. The van der Waals surface area contributed by atoms with Crippen LogP contribution in [0.5, 0.6) is 0 Å². The lowest BCUT2D eigenvalue weighted by molar-refractivity contribution is 0.735. The lowest BCUT2D eigenvalue weighted by Gasteiger charge is -2.11. The van der Waals surface area contributed by atoms with Crippen molar-refractivity contribution in [1.29, 1.82) is 0 Å². The molecule has 0 saturated heterocycles. The van der Waals surface area contributed by atoms with Crippen LogP contribution in [0.2, 0.25) is 0 Å². The zero-order valence-electron chi connectivity index (χ0n) is 15.9. The van der Waals surface area contributed by atoms with Gasteiger partial charge in [-0.3, -0.25) is 4.98 Å². The Morgan fingerprint density at radius 1 is 0.931 bits per heavy atom. The van der Waals surface area contributed by atoms with Crippen LogP contribution in [0.15, 0.2) is 73.4 Å². The molecule has 0 spiro atoms. The molecule has 0 fully saturated rings. The summed E-state index contributed by atoms with van der Waals surface area (Å²) in [5, 5.41) is 4.61. The normalized spacial score (nSPS) is 11.3.